The van der Waals surface area contributed by atoms with Crippen molar-refractivity contribution in [2.45, 2.75) is 27.2 Å². The van der Waals surface area contributed by atoms with Crippen molar-refractivity contribution in [3.63, 3.8) is 0 Å². The molecule has 4 rings (SSSR count). The molecule has 1 aromatic carbocycles. The van der Waals surface area contributed by atoms with Crippen LogP contribution in [0.2, 0.25) is 0 Å². The summed E-state index contributed by atoms with van der Waals surface area (Å²) in [5, 5.41) is 3.57. The van der Waals surface area contributed by atoms with Crippen molar-refractivity contribution in [3.8, 4) is 5.13 Å². The van der Waals surface area contributed by atoms with Gasteiger partial charge in [0.05, 0.1) is 12.7 Å². The molecule has 0 amide bonds. The number of hydrogen-bond donors (Lipinski definition) is 0. The third-order valence-electron chi connectivity index (χ3n) is 4.85. The first-order valence-corrected chi connectivity index (χ1v) is 10.1. The zero-order valence-corrected chi connectivity index (χ0v) is 17.2. The highest BCUT2D eigenvalue weighted by Crippen LogP contribution is 2.24. The Morgan fingerprint density at radius 1 is 1.21 bits per heavy atom. The van der Waals surface area contributed by atoms with Crippen molar-refractivity contribution >= 4 is 34.1 Å². The van der Waals surface area contributed by atoms with Crippen LogP contribution in [0.1, 0.15) is 32.9 Å². The van der Waals surface area contributed by atoms with Crippen LogP contribution < -0.4 is 0 Å². The fourth-order valence-corrected chi connectivity index (χ4v) is 4.17. The number of benzene rings is 1. The Kier molecular flexibility index (Phi) is 5.07. The summed E-state index contributed by atoms with van der Waals surface area (Å²) < 4.78 is 12.7. The Hall–Kier alpha value is -3.19. The smallest absolute Gasteiger partial charge is 0.310 e. The highest BCUT2D eigenvalue weighted by molar-refractivity contribution is 7.12. The van der Waals surface area contributed by atoms with E-state index in [1.807, 2.05) is 48.9 Å². The molecule has 6 nitrogen and oxygen atoms in total. The molecule has 0 fully saturated rings. The van der Waals surface area contributed by atoms with E-state index >= 15 is 0 Å². The molecule has 4 aromatic rings. The van der Waals surface area contributed by atoms with Crippen LogP contribution >= 0.6 is 11.3 Å². The highest BCUT2D eigenvalue weighted by Gasteiger charge is 2.19. The molecule has 0 N–H and O–H groups in total. The first-order chi connectivity index (χ1) is 13.9. The van der Waals surface area contributed by atoms with Crippen LogP contribution in [0.15, 0.2) is 46.5 Å². The summed E-state index contributed by atoms with van der Waals surface area (Å²) in [7, 11) is 0. The van der Waals surface area contributed by atoms with E-state index in [-0.39, 0.29) is 18.8 Å². The number of nitrogens with zero attached hydrogens (tertiary/aromatic N) is 2. The van der Waals surface area contributed by atoms with E-state index < -0.39 is 5.97 Å². The lowest BCUT2D eigenvalue weighted by atomic mass is 10.1. The van der Waals surface area contributed by atoms with E-state index in [0.717, 1.165) is 38.6 Å². The number of hydrogen-bond acceptors (Lipinski definition) is 6. The quantitative estimate of drug-likeness (QED) is 0.345. The van der Waals surface area contributed by atoms with Crippen molar-refractivity contribution in [1.29, 1.82) is 0 Å². The van der Waals surface area contributed by atoms with Gasteiger partial charge in [0.1, 0.15) is 5.58 Å². The van der Waals surface area contributed by atoms with Crippen LogP contribution in [0.25, 0.3) is 16.1 Å². The average molecular weight is 408 g/mol. The maximum atomic E-state index is 12.6. The van der Waals surface area contributed by atoms with Gasteiger partial charge in [-0.2, -0.15) is 0 Å². The van der Waals surface area contributed by atoms with E-state index in [1.54, 1.807) is 18.5 Å². The minimum Gasteiger partial charge on any atom is -0.464 e. The molecule has 3 aromatic heterocycles. The maximum Gasteiger partial charge on any atom is 0.310 e. The zero-order chi connectivity index (χ0) is 20.5. The topological polar surface area (TPSA) is 74.3 Å². The van der Waals surface area contributed by atoms with Crippen LogP contribution in [0.5, 0.6) is 0 Å². The molecule has 7 heteroatoms. The van der Waals surface area contributed by atoms with Gasteiger partial charge in [-0.3, -0.25) is 14.2 Å². The molecule has 0 saturated heterocycles. The van der Waals surface area contributed by atoms with Gasteiger partial charge < -0.3 is 9.15 Å². The molecule has 0 atom stereocenters. The lowest BCUT2D eigenvalue weighted by Gasteiger charge is -2.06. The Morgan fingerprint density at radius 3 is 2.79 bits per heavy atom. The first-order valence-electron chi connectivity index (χ1n) is 9.18. The number of esters is 1. The Bertz CT molecular complexity index is 1200. The van der Waals surface area contributed by atoms with Gasteiger partial charge in [-0.15, -0.1) is 11.3 Å². The Balaban J connectivity index is 1.43. The minimum atomic E-state index is -0.463. The molecule has 0 radical (unpaired) electrons. The Morgan fingerprint density at radius 2 is 2.03 bits per heavy atom. The number of thiazole rings is 1. The van der Waals surface area contributed by atoms with Crippen molar-refractivity contribution in [1.82, 2.24) is 9.55 Å². The second-order valence-electron chi connectivity index (χ2n) is 6.96. The van der Waals surface area contributed by atoms with Gasteiger partial charge in [0.2, 0.25) is 5.78 Å². The second-order valence-corrected chi connectivity index (χ2v) is 7.83. The summed E-state index contributed by atoms with van der Waals surface area (Å²) in [5.74, 6) is -0.697. The highest BCUT2D eigenvalue weighted by atomic mass is 32.1. The monoisotopic (exact) mass is 408 g/mol. The van der Waals surface area contributed by atoms with Gasteiger partial charge in [-0.1, -0.05) is 12.1 Å². The standard InChI is InChI=1S/C22H20N2O4S/c1-13-4-5-17-16(11-27-20(17)8-13)10-21(26)28-12-19(25)18-9-14(2)24(15(18)3)22-23-6-7-29-22/h4-9,11H,10,12H2,1-3H3. The van der Waals surface area contributed by atoms with Gasteiger partial charge in [-0.25, -0.2) is 4.98 Å². The summed E-state index contributed by atoms with van der Waals surface area (Å²) in [5.41, 5.74) is 4.80. The molecular formula is C22H20N2O4S. The van der Waals surface area contributed by atoms with Gasteiger partial charge in [0.25, 0.3) is 0 Å². The molecule has 0 bridgehead atoms. The molecule has 0 aliphatic rings. The lowest BCUT2D eigenvalue weighted by molar-refractivity contribution is -0.141. The SMILES string of the molecule is Cc1ccc2c(CC(=O)OCC(=O)c3cc(C)n(-c4nccs4)c3C)coc2c1. The second kappa shape index (κ2) is 7.67. The van der Waals surface area contributed by atoms with Crippen LogP contribution in [0.3, 0.4) is 0 Å². The van der Waals surface area contributed by atoms with E-state index in [1.165, 1.54) is 11.3 Å². The molecule has 3 heterocycles. The molecule has 0 unspecified atom stereocenters. The van der Waals surface area contributed by atoms with Crippen molar-refractivity contribution < 1.29 is 18.7 Å². The van der Waals surface area contributed by atoms with Crippen molar-refractivity contribution in [2.75, 3.05) is 6.61 Å². The normalized spacial score (nSPS) is 11.1. The fraction of sp³-hybridized carbons (Fsp3) is 0.227. The number of rotatable bonds is 6. The number of aryl methyl sites for hydroxylation is 2. The van der Waals surface area contributed by atoms with Crippen molar-refractivity contribution in [2.24, 2.45) is 0 Å². The van der Waals surface area contributed by atoms with E-state index in [4.69, 9.17) is 9.15 Å². The van der Waals surface area contributed by atoms with Gasteiger partial charge in [-0.05, 0) is 38.5 Å². The lowest BCUT2D eigenvalue weighted by Crippen LogP contribution is -2.16. The molecule has 0 spiro atoms. The molecule has 29 heavy (non-hydrogen) atoms. The zero-order valence-electron chi connectivity index (χ0n) is 16.4. The third kappa shape index (κ3) is 3.73. The van der Waals surface area contributed by atoms with Crippen LogP contribution in [0.4, 0.5) is 0 Å². The molecule has 0 saturated carbocycles. The summed E-state index contributed by atoms with van der Waals surface area (Å²) in [6.07, 6.45) is 3.35. The van der Waals surface area contributed by atoms with Crippen LogP contribution in [-0.4, -0.2) is 27.9 Å². The third-order valence-corrected chi connectivity index (χ3v) is 5.61. The minimum absolute atomic E-state index is 0.0570. The predicted octanol–water partition coefficient (Wildman–Crippen LogP) is 4.57. The number of carbonyl (C=O) groups is 2. The van der Waals surface area contributed by atoms with E-state index in [0.29, 0.717) is 5.56 Å². The van der Waals surface area contributed by atoms with Crippen molar-refractivity contribution in [3.05, 3.63) is 70.2 Å². The molecule has 0 aliphatic heterocycles. The molecular weight excluding hydrogens is 388 g/mol. The number of furan rings is 1. The summed E-state index contributed by atoms with van der Waals surface area (Å²) >= 11 is 1.50. The van der Waals surface area contributed by atoms with Crippen LogP contribution in [-0.2, 0) is 16.0 Å². The summed E-state index contributed by atoms with van der Waals surface area (Å²) in [6.45, 7) is 5.47. The van der Waals surface area contributed by atoms with Gasteiger partial charge in [0.15, 0.2) is 11.7 Å². The number of ether oxygens (including phenoxy) is 1. The van der Waals surface area contributed by atoms with Gasteiger partial charge >= 0.3 is 5.97 Å². The van der Waals surface area contributed by atoms with Gasteiger partial charge in [0, 0.05) is 39.5 Å². The summed E-state index contributed by atoms with van der Waals surface area (Å²) in [4.78, 5) is 29.2. The molecule has 0 aliphatic carbocycles. The first kappa shape index (κ1) is 19.1. The summed E-state index contributed by atoms with van der Waals surface area (Å²) in [6, 6.07) is 7.62. The average Bonchev–Trinajstić information content (AvgIpc) is 3.40. The largest absolute Gasteiger partial charge is 0.464 e. The number of aromatic nitrogens is 2. The number of ketones is 1. The number of Topliss-reactive ketones (excluding diaryl/α,β-unsaturated/α-hetero) is 1. The molecule has 148 valence electrons. The maximum absolute atomic E-state index is 12.6. The number of carbonyl (C=O) groups excluding carboxylic acids is 2. The van der Waals surface area contributed by atoms with Crippen LogP contribution in [0, 0.1) is 20.8 Å². The number of fused-ring (bicyclic) bond motifs is 1. The fourth-order valence-electron chi connectivity index (χ4n) is 3.42. The van der Waals surface area contributed by atoms with E-state index in [9.17, 15) is 9.59 Å². The predicted molar refractivity (Wildman–Crippen MR) is 111 cm³/mol. The Labute approximate surface area is 171 Å². The van der Waals surface area contributed by atoms with E-state index in [2.05, 4.69) is 4.98 Å².